The summed E-state index contributed by atoms with van der Waals surface area (Å²) < 4.78 is 33.1. The Bertz CT molecular complexity index is 745. The second kappa shape index (κ2) is 8.17. The zero-order chi connectivity index (χ0) is 19.4. The summed E-state index contributed by atoms with van der Waals surface area (Å²) in [5.41, 5.74) is -0.945. The summed E-state index contributed by atoms with van der Waals surface area (Å²) in [5.74, 6) is -1.08. The minimum Gasteiger partial charge on any atom is -0.481 e. The number of amides is 1. The van der Waals surface area contributed by atoms with Crippen molar-refractivity contribution in [2.75, 3.05) is 6.54 Å². The van der Waals surface area contributed by atoms with Gasteiger partial charge in [-0.1, -0.05) is 18.0 Å². The number of carbonyl (C=O) groups is 2. The summed E-state index contributed by atoms with van der Waals surface area (Å²) in [6, 6.07) is 0. The second-order valence-corrected chi connectivity index (χ2v) is 8.27. The molecule has 1 heterocycles. The lowest BCUT2D eigenvalue weighted by atomic mass is 9.98. The van der Waals surface area contributed by atoms with Gasteiger partial charge in [0.1, 0.15) is 16.1 Å². The van der Waals surface area contributed by atoms with Crippen LogP contribution in [0.3, 0.4) is 0 Å². The smallest absolute Gasteiger partial charge is 0.303 e. The van der Waals surface area contributed by atoms with Crippen molar-refractivity contribution < 1.29 is 27.6 Å². The molecule has 0 bridgehead atoms. The molecule has 26 heavy (non-hydrogen) atoms. The van der Waals surface area contributed by atoms with E-state index in [0.717, 1.165) is 12.8 Å². The predicted octanol–water partition coefficient (Wildman–Crippen LogP) is 1.25. The lowest BCUT2D eigenvalue weighted by Gasteiger charge is -2.28. The van der Waals surface area contributed by atoms with E-state index in [1.54, 1.807) is 0 Å². The number of unbranched alkanes of at least 4 members (excludes halogenated alkanes) is 1. The van der Waals surface area contributed by atoms with Crippen LogP contribution in [-0.2, 0) is 19.6 Å². The van der Waals surface area contributed by atoms with E-state index in [1.807, 2.05) is 0 Å². The minimum absolute atomic E-state index is 0.0296. The summed E-state index contributed by atoms with van der Waals surface area (Å²) in [7, 11) is -3.96. The number of nitrogens with one attached hydrogen (secondary N) is 2. The normalized spacial score (nSPS) is 16.5. The number of rotatable bonds is 9. The van der Waals surface area contributed by atoms with E-state index in [0.29, 0.717) is 32.2 Å². The first-order valence-electron chi connectivity index (χ1n) is 8.65. The molecular formula is C16H25N3O6S. The second-order valence-electron chi connectivity index (χ2n) is 6.65. The number of aromatic nitrogens is 1. The molecule has 1 aliphatic carbocycles. The van der Waals surface area contributed by atoms with Gasteiger partial charge in [0.15, 0.2) is 5.76 Å². The Kier molecular flexibility index (Phi) is 6.40. The highest BCUT2D eigenvalue weighted by atomic mass is 32.2. The fourth-order valence-electron chi connectivity index (χ4n) is 3.29. The van der Waals surface area contributed by atoms with Crippen LogP contribution in [-0.4, -0.2) is 42.6 Å². The van der Waals surface area contributed by atoms with E-state index in [1.165, 1.54) is 13.8 Å². The Morgan fingerprint density at radius 1 is 1.23 bits per heavy atom. The highest BCUT2D eigenvalue weighted by molar-refractivity contribution is 7.89. The van der Waals surface area contributed by atoms with Crippen molar-refractivity contribution in [3.63, 3.8) is 0 Å². The molecule has 1 saturated carbocycles. The molecule has 0 aromatic carbocycles. The Morgan fingerprint density at radius 2 is 1.88 bits per heavy atom. The standard InChI is InChI=1S/C16H25N3O6S/c1-11-14(12(2)25-18-11)26(23,24)19-16(8-4-5-9-16)15(22)17-10-6-3-7-13(20)21/h19H,3-10H2,1-2H3,(H,17,22)(H,20,21). The van der Waals surface area contributed by atoms with Gasteiger partial charge in [-0.3, -0.25) is 9.59 Å². The number of carboxylic acids is 1. The molecule has 1 aromatic heterocycles. The molecular weight excluding hydrogens is 362 g/mol. The summed E-state index contributed by atoms with van der Waals surface area (Å²) in [5, 5.41) is 15.0. The van der Waals surface area contributed by atoms with E-state index in [4.69, 9.17) is 9.63 Å². The van der Waals surface area contributed by atoms with Crippen LogP contribution in [0.25, 0.3) is 0 Å². The number of sulfonamides is 1. The maximum atomic E-state index is 12.8. The lowest BCUT2D eigenvalue weighted by molar-refractivity contribution is -0.137. The number of aryl methyl sites for hydroxylation is 2. The van der Waals surface area contributed by atoms with Crippen LogP contribution in [0, 0.1) is 13.8 Å². The summed E-state index contributed by atoms with van der Waals surface area (Å²) in [4.78, 5) is 23.2. The maximum Gasteiger partial charge on any atom is 0.303 e. The molecule has 10 heteroatoms. The molecule has 0 unspecified atom stereocenters. The summed E-state index contributed by atoms with van der Waals surface area (Å²) in [6.07, 6.45) is 3.33. The van der Waals surface area contributed by atoms with Gasteiger partial charge in [0, 0.05) is 13.0 Å². The van der Waals surface area contributed by atoms with Gasteiger partial charge in [0.05, 0.1) is 0 Å². The number of hydrogen-bond donors (Lipinski definition) is 3. The zero-order valence-corrected chi connectivity index (χ0v) is 15.8. The van der Waals surface area contributed by atoms with E-state index in [-0.39, 0.29) is 28.7 Å². The topological polar surface area (TPSA) is 139 Å². The van der Waals surface area contributed by atoms with Crippen molar-refractivity contribution in [2.45, 2.75) is 69.2 Å². The molecule has 1 fully saturated rings. The lowest BCUT2D eigenvalue weighted by Crippen LogP contribution is -2.57. The van der Waals surface area contributed by atoms with Crippen molar-refractivity contribution in [3.05, 3.63) is 11.5 Å². The molecule has 0 atom stereocenters. The Hall–Kier alpha value is -1.94. The maximum absolute atomic E-state index is 12.8. The molecule has 1 aromatic rings. The highest BCUT2D eigenvalue weighted by Crippen LogP contribution is 2.32. The Balaban J connectivity index is 2.07. The van der Waals surface area contributed by atoms with Crippen LogP contribution < -0.4 is 10.0 Å². The SMILES string of the molecule is Cc1noc(C)c1S(=O)(=O)NC1(C(=O)NCCCCC(=O)O)CCCC1. The third-order valence-corrected chi connectivity index (χ3v) is 6.34. The molecule has 0 saturated heterocycles. The fourth-order valence-corrected chi connectivity index (χ4v) is 5.05. The van der Waals surface area contributed by atoms with Crippen LogP contribution in [0.1, 0.15) is 56.4 Å². The van der Waals surface area contributed by atoms with Crippen LogP contribution in [0.4, 0.5) is 0 Å². The summed E-state index contributed by atoms with van der Waals surface area (Å²) >= 11 is 0. The molecule has 3 N–H and O–H groups in total. The van der Waals surface area contributed by atoms with Gasteiger partial charge in [-0.2, -0.15) is 4.72 Å². The number of nitrogens with zero attached hydrogens (tertiary/aromatic N) is 1. The summed E-state index contributed by atoms with van der Waals surface area (Å²) in [6.45, 7) is 3.36. The molecule has 1 aliphatic rings. The van der Waals surface area contributed by atoms with Crippen molar-refractivity contribution in [2.24, 2.45) is 0 Å². The number of aliphatic carboxylic acids is 1. The van der Waals surface area contributed by atoms with Gasteiger partial charge in [0.25, 0.3) is 0 Å². The monoisotopic (exact) mass is 387 g/mol. The zero-order valence-electron chi connectivity index (χ0n) is 15.0. The Labute approximate surface area is 152 Å². The first-order chi connectivity index (χ1) is 12.2. The molecule has 2 rings (SSSR count). The average molecular weight is 387 g/mol. The van der Waals surface area contributed by atoms with E-state index >= 15 is 0 Å². The van der Waals surface area contributed by atoms with Gasteiger partial charge in [-0.05, 0) is 39.5 Å². The van der Waals surface area contributed by atoms with Gasteiger partial charge >= 0.3 is 5.97 Å². The van der Waals surface area contributed by atoms with Crippen LogP contribution in [0.2, 0.25) is 0 Å². The van der Waals surface area contributed by atoms with Crippen LogP contribution in [0.5, 0.6) is 0 Å². The van der Waals surface area contributed by atoms with Crippen molar-refractivity contribution in [3.8, 4) is 0 Å². The van der Waals surface area contributed by atoms with Gasteiger partial charge in [-0.15, -0.1) is 0 Å². The van der Waals surface area contributed by atoms with Gasteiger partial charge < -0.3 is 14.9 Å². The van der Waals surface area contributed by atoms with Crippen molar-refractivity contribution >= 4 is 21.9 Å². The van der Waals surface area contributed by atoms with Gasteiger partial charge in [-0.25, -0.2) is 8.42 Å². The van der Waals surface area contributed by atoms with E-state index < -0.39 is 21.5 Å². The third-order valence-electron chi connectivity index (χ3n) is 4.56. The molecule has 0 aliphatic heterocycles. The first kappa shape index (κ1) is 20.4. The molecule has 0 radical (unpaired) electrons. The predicted molar refractivity (Wildman–Crippen MR) is 92.0 cm³/mol. The fraction of sp³-hybridized carbons (Fsp3) is 0.688. The van der Waals surface area contributed by atoms with Gasteiger partial charge in [0.2, 0.25) is 15.9 Å². The molecule has 146 valence electrons. The molecule has 1 amide bonds. The minimum atomic E-state index is -3.96. The Morgan fingerprint density at radius 3 is 2.42 bits per heavy atom. The molecule has 9 nitrogen and oxygen atoms in total. The highest BCUT2D eigenvalue weighted by Gasteiger charge is 2.45. The number of carbonyl (C=O) groups excluding carboxylic acids is 1. The first-order valence-corrected chi connectivity index (χ1v) is 10.1. The third kappa shape index (κ3) is 4.61. The van der Waals surface area contributed by atoms with Crippen LogP contribution in [0.15, 0.2) is 9.42 Å². The van der Waals surface area contributed by atoms with Crippen LogP contribution >= 0.6 is 0 Å². The number of hydrogen-bond acceptors (Lipinski definition) is 6. The average Bonchev–Trinajstić information content (AvgIpc) is 3.13. The van der Waals surface area contributed by atoms with E-state index in [9.17, 15) is 18.0 Å². The van der Waals surface area contributed by atoms with E-state index in [2.05, 4.69) is 15.2 Å². The van der Waals surface area contributed by atoms with Crippen molar-refractivity contribution in [1.29, 1.82) is 0 Å². The quantitative estimate of drug-likeness (QED) is 0.542. The molecule has 0 spiro atoms. The number of carboxylic acid groups (broad SMARTS) is 1. The van der Waals surface area contributed by atoms with Crippen molar-refractivity contribution in [1.82, 2.24) is 15.2 Å². The largest absolute Gasteiger partial charge is 0.481 e.